The molecule has 0 bridgehead atoms. The van der Waals surface area contributed by atoms with Gasteiger partial charge in [-0.3, -0.25) is 9.89 Å². The molecule has 0 spiro atoms. The van der Waals surface area contributed by atoms with Crippen molar-refractivity contribution in [2.75, 3.05) is 26.2 Å². The van der Waals surface area contributed by atoms with Crippen molar-refractivity contribution in [3.63, 3.8) is 0 Å². The van der Waals surface area contributed by atoms with Gasteiger partial charge in [-0.1, -0.05) is 20.3 Å². The Bertz CT molecular complexity index is 286. The number of guanidine groups is 1. The predicted octanol–water partition coefficient (Wildman–Crippen LogP) is 2.20. The Kier molecular flexibility index (Phi) is 6.63. The molecule has 0 aromatic rings. The minimum atomic E-state index is 0.103. The average molecular weight is 268 g/mol. The third-order valence-corrected chi connectivity index (χ3v) is 3.99. The first-order chi connectivity index (χ1) is 8.95. The van der Waals surface area contributed by atoms with E-state index in [1.807, 2.05) is 0 Å². The molecule has 1 heterocycles. The Morgan fingerprint density at radius 1 is 1.47 bits per heavy atom. The zero-order valence-corrected chi connectivity index (χ0v) is 13.2. The SMILES string of the molecule is CCCCNC(N)=NCC(C)(C)N1CCCC(C)C1. The van der Waals surface area contributed by atoms with Gasteiger partial charge in [0.05, 0.1) is 6.54 Å². The maximum Gasteiger partial charge on any atom is 0.188 e. The molecule has 19 heavy (non-hydrogen) atoms. The number of rotatable bonds is 6. The van der Waals surface area contributed by atoms with Crippen LogP contribution in [0.1, 0.15) is 53.4 Å². The van der Waals surface area contributed by atoms with E-state index in [2.05, 4.69) is 42.9 Å². The van der Waals surface area contributed by atoms with E-state index in [0.29, 0.717) is 5.96 Å². The molecule has 3 N–H and O–H groups in total. The van der Waals surface area contributed by atoms with Crippen LogP contribution in [0.4, 0.5) is 0 Å². The fourth-order valence-electron chi connectivity index (χ4n) is 2.57. The monoisotopic (exact) mass is 268 g/mol. The molecule has 0 aromatic carbocycles. The Hall–Kier alpha value is -0.770. The summed E-state index contributed by atoms with van der Waals surface area (Å²) in [7, 11) is 0. The van der Waals surface area contributed by atoms with Crippen LogP contribution in [0.3, 0.4) is 0 Å². The second kappa shape index (κ2) is 7.73. The van der Waals surface area contributed by atoms with E-state index in [9.17, 15) is 0 Å². The highest BCUT2D eigenvalue weighted by atomic mass is 15.2. The molecule has 0 aromatic heterocycles. The molecule has 0 amide bonds. The summed E-state index contributed by atoms with van der Waals surface area (Å²) in [6, 6.07) is 0. The molecule has 1 fully saturated rings. The Labute approximate surface area is 118 Å². The van der Waals surface area contributed by atoms with Crippen molar-refractivity contribution in [1.29, 1.82) is 0 Å². The van der Waals surface area contributed by atoms with Crippen LogP contribution in [0.5, 0.6) is 0 Å². The van der Waals surface area contributed by atoms with Gasteiger partial charge in [0.15, 0.2) is 5.96 Å². The van der Waals surface area contributed by atoms with Crippen LogP contribution in [0.2, 0.25) is 0 Å². The lowest BCUT2D eigenvalue weighted by Gasteiger charge is -2.42. The van der Waals surface area contributed by atoms with E-state index in [1.165, 1.54) is 32.4 Å². The molecule has 0 saturated carbocycles. The second-order valence-electron chi connectivity index (χ2n) is 6.49. The molecule has 112 valence electrons. The summed E-state index contributed by atoms with van der Waals surface area (Å²) in [6.45, 7) is 13.1. The predicted molar refractivity (Wildman–Crippen MR) is 83.5 cm³/mol. The van der Waals surface area contributed by atoms with Crippen LogP contribution in [-0.4, -0.2) is 42.6 Å². The summed E-state index contributed by atoms with van der Waals surface area (Å²) in [5, 5.41) is 3.18. The van der Waals surface area contributed by atoms with Gasteiger partial charge >= 0.3 is 0 Å². The van der Waals surface area contributed by atoms with Crippen molar-refractivity contribution < 1.29 is 0 Å². The van der Waals surface area contributed by atoms with Gasteiger partial charge in [0, 0.05) is 18.6 Å². The lowest BCUT2D eigenvalue weighted by atomic mass is 9.94. The molecule has 1 atom stereocenters. The zero-order chi connectivity index (χ0) is 14.3. The number of hydrogen-bond acceptors (Lipinski definition) is 2. The van der Waals surface area contributed by atoms with Crippen molar-refractivity contribution in [2.24, 2.45) is 16.6 Å². The third kappa shape index (κ3) is 5.81. The first kappa shape index (κ1) is 16.3. The molecule has 4 heteroatoms. The van der Waals surface area contributed by atoms with E-state index < -0.39 is 0 Å². The Morgan fingerprint density at radius 3 is 2.84 bits per heavy atom. The van der Waals surface area contributed by atoms with Gasteiger partial charge in [-0.25, -0.2) is 0 Å². The van der Waals surface area contributed by atoms with Gasteiger partial charge < -0.3 is 11.1 Å². The summed E-state index contributed by atoms with van der Waals surface area (Å²) in [4.78, 5) is 7.07. The number of nitrogens with one attached hydrogen (secondary N) is 1. The number of aliphatic imine (C=N–C) groups is 1. The normalized spacial score (nSPS) is 22.5. The van der Waals surface area contributed by atoms with Gasteiger partial charge in [0.2, 0.25) is 0 Å². The van der Waals surface area contributed by atoms with Crippen molar-refractivity contribution in [2.45, 2.75) is 58.9 Å². The van der Waals surface area contributed by atoms with Gasteiger partial charge in [-0.15, -0.1) is 0 Å². The van der Waals surface area contributed by atoms with Crippen LogP contribution in [0.25, 0.3) is 0 Å². The van der Waals surface area contributed by atoms with Gasteiger partial charge in [0.1, 0.15) is 0 Å². The molecule has 1 saturated heterocycles. The van der Waals surface area contributed by atoms with E-state index in [1.54, 1.807) is 0 Å². The minimum Gasteiger partial charge on any atom is -0.370 e. The molecule has 4 nitrogen and oxygen atoms in total. The molecule has 0 aliphatic carbocycles. The first-order valence-corrected chi connectivity index (χ1v) is 7.74. The molecule has 1 unspecified atom stereocenters. The van der Waals surface area contributed by atoms with E-state index in [0.717, 1.165) is 25.4 Å². The van der Waals surface area contributed by atoms with E-state index in [4.69, 9.17) is 5.73 Å². The number of nitrogens with two attached hydrogens (primary N) is 1. The third-order valence-electron chi connectivity index (χ3n) is 3.99. The van der Waals surface area contributed by atoms with Crippen LogP contribution in [0.15, 0.2) is 4.99 Å². The fourth-order valence-corrected chi connectivity index (χ4v) is 2.57. The van der Waals surface area contributed by atoms with E-state index in [-0.39, 0.29) is 5.54 Å². The van der Waals surface area contributed by atoms with Crippen molar-refractivity contribution in [3.05, 3.63) is 0 Å². The number of hydrogen-bond donors (Lipinski definition) is 2. The Balaban J connectivity index is 2.42. The Morgan fingerprint density at radius 2 is 2.21 bits per heavy atom. The number of likely N-dealkylation sites (tertiary alicyclic amines) is 1. The topological polar surface area (TPSA) is 53.6 Å². The molecule has 1 aliphatic heterocycles. The van der Waals surface area contributed by atoms with Gasteiger partial charge in [0.25, 0.3) is 0 Å². The minimum absolute atomic E-state index is 0.103. The summed E-state index contributed by atoms with van der Waals surface area (Å²) >= 11 is 0. The quantitative estimate of drug-likeness (QED) is 0.441. The maximum atomic E-state index is 5.90. The molecule has 1 aliphatic rings. The van der Waals surface area contributed by atoms with Gasteiger partial charge in [-0.2, -0.15) is 0 Å². The number of nitrogens with zero attached hydrogens (tertiary/aromatic N) is 2. The summed E-state index contributed by atoms with van der Waals surface area (Å²) in [5.41, 5.74) is 6.00. The largest absolute Gasteiger partial charge is 0.370 e. The summed E-state index contributed by atoms with van der Waals surface area (Å²) < 4.78 is 0. The van der Waals surface area contributed by atoms with Crippen LogP contribution >= 0.6 is 0 Å². The average Bonchev–Trinajstić information content (AvgIpc) is 2.37. The summed E-state index contributed by atoms with van der Waals surface area (Å²) in [5.74, 6) is 1.39. The van der Waals surface area contributed by atoms with Crippen molar-refractivity contribution >= 4 is 5.96 Å². The lowest BCUT2D eigenvalue weighted by Crippen LogP contribution is -2.51. The van der Waals surface area contributed by atoms with Crippen molar-refractivity contribution in [1.82, 2.24) is 10.2 Å². The second-order valence-corrected chi connectivity index (χ2v) is 6.49. The molecular weight excluding hydrogens is 236 g/mol. The lowest BCUT2D eigenvalue weighted by molar-refractivity contribution is 0.0775. The highest BCUT2D eigenvalue weighted by molar-refractivity contribution is 5.77. The number of unbranched alkanes of at least 4 members (excludes halogenated alkanes) is 1. The van der Waals surface area contributed by atoms with Crippen LogP contribution < -0.4 is 11.1 Å². The smallest absolute Gasteiger partial charge is 0.188 e. The molecule has 0 radical (unpaired) electrons. The number of piperidine rings is 1. The highest BCUT2D eigenvalue weighted by Crippen LogP contribution is 2.23. The fraction of sp³-hybridized carbons (Fsp3) is 0.933. The van der Waals surface area contributed by atoms with Gasteiger partial charge in [-0.05, 0) is 45.6 Å². The molecule has 1 rings (SSSR count). The standard InChI is InChI=1S/C15H32N4/c1-5-6-9-17-14(16)18-12-15(3,4)19-10-7-8-13(2)11-19/h13H,5-12H2,1-4H3,(H3,16,17,18). The first-order valence-electron chi connectivity index (χ1n) is 7.74. The van der Waals surface area contributed by atoms with E-state index >= 15 is 0 Å². The summed E-state index contributed by atoms with van der Waals surface area (Å²) in [6.07, 6.45) is 4.98. The molecular formula is C15H32N4. The van der Waals surface area contributed by atoms with Crippen molar-refractivity contribution in [3.8, 4) is 0 Å². The highest BCUT2D eigenvalue weighted by Gasteiger charge is 2.29. The van der Waals surface area contributed by atoms with Crippen LogP contribution in [0, 0.1) is 5.92 Å². The van der Waals surface area contributed by atoms with Crippen LogP contribution in [-0.2, 0) is 0 Å². The zero-order valence-electron chi connectivity index (χ0n) is 13.2. The maximum absolute atomic E-state index is 5.90.